The van der Waals surface area contributed by atoms with Crippen molar-refractivity contribution in [1.29, 1.82) is 0 Å². The Labute approximate surface area is 225 Å². The number of fused-ring (bicyclic) bond motifs is 1. The molecule has 4 atom stereocenters. The lowest BCUT2D eigenvalue weighted by atomic mass is 10.0. The minimum atomic E-state index is -1.56. The maximum Gasteiger partial charge on any atom is 0.326 e. The van der Waals surface area contributed by atoms with Gasteiger partial charge in [0.2, 0.25) is 23.6 Å². The molecule has 0 bridgehead atoms. The standard InChI is InChI=1S/C24H35N7O6S/c25-8-4-3-7-17(22(34)30-18(24(36)37)10-20(27)32)29-23(35)19(12-38)31-21(33)15(26)9-13-11-28-16-6-2-1-5-14(13)16/h1-2,5-6,11,15,17-19,28,38H,3-4,7-10,12,25-26H2,(H2,27,32)(H,29,35)(H,30,34)(H,31,33)(H,36,37). The van der Waals surface area contributed by atoms with Gasteiger partial charge < -0.3 is 43.2 Å². The first-order valence-electron chi connectivity index (χ1n) is 12.1. The zero-order valence-electron chi connectivity index (χ0n) is 20.8. The van der Waals surface area contributed by atoms with E-state index in [0.717, 1.165) is 16.5 Å². The fraction of sp³-hybridized carbons (Fsp3) is 0.458. The number of thiol groups is 1. The number of hydrogen-bond donors (Lipinski definition) is 9. The third-order valence-corrected chi connectivity index (χ3v) is 6.23. The third kappa shape index (κ3) is 9.04. The number of para-hydroxylation sites is 1. The Morgan fingerprint density at radius 2 is 1.58 bits per heavy atom. The highest BCUT2D eigenvalue weighted by Crippen LogP contribution is 2.18. The topological polar surface area (TPSA) is 236 Å². The van der Waals surface area contributed by atoms with Crippen molar-refractivity contribution in [3.05, 3.63) is 36.0 Å². The van der Waals surface area contributed by atoms with Crippen LogP contribution >= 0.6 is 12.6 Å². The molecule has 208 valence electrons. The van der Waals surface area contributed by atoms with Crippen molar-refractivity contribution < 1.29 is 29.1 Å². The second kappa shape index (κ2) is 15.0. The molecule has 1 heterocycles. The molecule has 0 radical (unpaired) electrons. The summed E-state index contributed by atoms with van der Waals surface area (Å²) < 4.78 is 0. The second-order valence-electron chi connectivity index (χ2n) is 8.83. The third-order valence-electron chi connectivity index (χ3n) is 5.87. The summed E-state index contributed by atoms with van der Waals surface area (Å²) >= 11 is 4.15. The molecule has 38 heavy (non-hydrogen) atoms. The maximum atomic E-state index is 13.0. The van der Waals surface area contributed by atoms with Gasteiger partial charge in [0.05, 0.1) is 12.5 Å². The van der Waals surface area contributed by atoms with Crippen LogP contribution in [-0.2, 0) is 30.4 Å². The zero-order chi connectivity index (χ0) is 28.2. The SMILES string of the molecule is NCCCCC(NC(=O)C(CS)NC(=O)C(N)Cc1c[nH]c2ccccc12)C(=O)NC(CC(N)=O)C(=O)O. The van der Waals surface area contributed by atoms with E-state index in [2.05, 4.69) is 33.6 Å². The number of aromatic amines is 1. The molecular weight excluding hydrogens is 514 g/mol. The van der Waals surface area contributed by atoms with Crippen LogP contribution in [0.3, 0.4) is 0 Å². The van der Waals surface area contributed by atoms with E-state index in [1.54, 1.807) is 6.20 Å². The van der Waals surface area contributed by atoms with Gasteiger partial charge in [0.15, 0.2) is 0 Å². The molecule has 14 heteroatoms. The summed E-state index contributed by atoms with van der Waals surface area (Å²) in [5.41, 5.74) is 18.4. The molecule has 2 aromatic rings. The lowest BCUT2D eigenvalue weighted by Crippen LogP contribution is -2.58. The largest absolute Gasteiger partial charge is 0.480 e. The van der Waals surface area contributed by atoms with Crippen molar-refractivity contribution in [1.82, 2.24) is 20.9 Å². The Morgan fingerprint density at radius 3 is 2.21 bits per heavy atom. The number of carboxylic acids is 1. The van der Waals surface area contributed by atoms with Gasteiger partial charge in [-0.2, -0.15) is 12.6 Å². The van der Waals surface area contributed by atoms with Crippen molar-refractivity contribution in [2.75, 3.05) is 12.3 Å². The maximum absolute atomic E-state index is 13.0. The van der Waals surface area contributed by atoms with Crippen molar-refractivity contribution >= 4 is 53.1 Å². The van der Waals surface area contributed by atoms with E-state index in [1.807, 2.05) is 24.3 Å². The average Bonchev–Trinajstić information content (AvgIpc) is 3.28. The molecule has 0 saturated heterocycles. The first-order chi connectivity index (χ1) is 18.1. The van der Waals surface area contributed by atoms with Crippen LogP contribution in [0, 0.1) is 0 Å². The van der Waals surface area contributed by atoms with Crippen LogP contribution < -0.4 is 33.2 Å². The van der Waals surface area contributed by atoms with Gasteiger partial charge in [0.1, 0.15) is 18.1 Å². The monoisotopic (exact) mass is 549 g/mol. The number of H-pyrrole nitrogens is 1. The van der Waals surface area contributed by atoms with E-state index in [4.69, 9.17) is 17.2 Å². The Morgan fingerprint density at radius 1 is 0.947 bits per heavy atom. The summed E-state index contributed by atoms with van der Waals surface area (Å²) in [5, 5.41) is 17.5. The quantitative estimate of drug-likeness (QED) is 0.0881. The molecule has 2 rings (SSSR count). The first kappa shape index (κ1) is 30.6. The number of hydrogen-bond acceptors (Lipinski definition) is 8. The molecule has 0 aliphatic heterocycles. The van der Waals surface area contributed by atoms with Gasteiger partial charge in [0, 0.05) is 22.9 Å². The van der Waals surface area contributed by atoms with Crippen molar-refractivity contribution in [2.24, 2.45) is 17.2 Å². The highest BCUT2D eigenvalue weighted by molar-refractivity contribution is 7.80. The van der Waals surface area contributed by atoms with Crippen LogP contribution in [0.1, 0.15) is 31.2 Å². The number of carbonyl (C=O) groups is 5. The van der Waals surface area contributed by atoms with Crippen LogP contribution in [-0.4, -0.2) is 76.2 Å². The molecule has 4 amide bonds. The van der Waals surface area contributed by atoms with Gasteiger partial charge in [-0.3, -0.25) is 19.2 Å². The highest BCUT2D eigenvalue weighted by Gasteiger charge is 2.30. The second-order valence-corrected chi connectivity index (χ2v) is 9.19. The predicted molar refractivity (Wildman–Crippen MR) is 144 cm³/mol. The number of aliphatic carboxylic acids is 1. The van der Waals surface area contributed by atoms with Gasteiger partial charge in [0.25, 0.3) is 0 Å². The number of rotatable bonds is 16. The van der Waals surface area contributed by atoms with E-state index in [0.29, 0.717) is 19.4 Å². The molecule has 11 N–H and O–H groups in total. The van der Waals surface area contributed by atoms with Gasteiger partial charge in [-0.25, -0.2) is 4.79 Å². The lowest BCUT2D eigenvalue weighted by molar-refractivity contribution is -0.143. The number of carbonyl (C=O) groups excluding carboxylic acids is 4. The van der Waals surface area contributed by atoms with Crippen molar-refractivity contribution in [3.63, 3.8) is 0 Å². The predicted octanol–water partition coefficient (Wildman–Crippen LogP) is -1.49. The fourth-order valence-electron chi connectivity index (χ4n) is 3.81. The summed E-state index contributed by atoms with van der Waals surface area (Å²) in [6.45, 7) is 0.353. The number of unbranched alkanes of at least 4 members (excludes halogenated alkanes) is 1. The van der Waals surface area contributed by atoms with Crippen LogP contribution in [0.4, 0.5) is 0 Å². The Balaban J connectivity index is 2.05. The van der Waals surface area contributed by atoms with Crippen LogP contribution in [0.15, 0.2) is 30.5 Å². The lowest BCUT2D eigenvalue weighted by Gasteiger charge is -2.24. The molecule has 0 saturated carbocycles. The minimum Gasteiger partial charge on any atom is -0.480 e. The Hall–Kier alpha value is -3.62. The van der Waals surface area contributed by atoms with Crippen LogP contribution in [0.25, 0.3) is 10.9 Å². The molecule has 0 fully saturated rings. The Bertz CT molecular complexity index is 1140. The summed E-state index contributed by atoms with van der Waals surface area (Å²) in [6, 6.07) is 2.78. The van der Waals surface area contributed by atoms with E-state index >= 15 is 0 Å². The van der Waals surface area contributed by atoms with E-state index in [-0.39, 0.29) is 18.6 Å². The number of carboxylic acid groups (broad SMARTS) is 1. The van der Waals surface area contributed by atoms with Crippen LogP contribution in [0.2, 0.25) is 0 Å². The molecule has 13 nitrogen and oxygen atoms in total. The molecule has 1 aromatic heterocycles. The summed E-state index contributed by atoms with van der Waals surface area (Å²) in [7, 11) is 0. The average molecular weight is 550 g/mol. The van der Waals surface area contributed by atoms with Gasteiger partial charge in [-0.15, -0.1) is 0 Å². The molecule has 0 aliphatic rings. The number of benzene rings is 1. The summed E-state index contributed by atoms with van der Waals surface area (Å²) in [5.74, 6) is -4.56. The number of nitrogens with one attached hydrogen (secondary N) is 4. The van der Waals surface area contributed by atoms with Crippen molar-refractivity contribution in [2.45, 2.75) is 56.3 Å². The molecule has 0 spiro atoms. The number of aromatic nitrogens is 1. The normalized spacial score (nSPS) is 14.2. The minimum absolute atomic E-state index is 0.0893. The molecule has 1 aromatic carbocycles. The number of nitrogens with two attached hydrogens (primary N) is 3. The number of amides is 4. The van der Waals surface area contributed by atoms with E-state index in [1.165, 1.54) is 0 Å². The van der Waals surface area contributed by atoms with Crippen LogP contribution in [0.5, 0.6) is 0 Å². The molecule has 4 unspecified atom stereocenters. The van der Waals surface area contributed by atoms with Crippen molar-refractivity contribution in [3.8, 4) is 0 Å². The highest BCUT2D eigenvalue weighted by atomic mass is 32.1. The summed E-state index contributed by atoms with van der Waals surface area (Å²) in [6.07, 6.45) is 2.53. The smallest absolute Gasteiger partial charge is 0.326 e. The van der Waals surface area contributed by atoms with Gasteiger partial charge >= 0.3 is 5.97 Å². The first-order valence-corrected chi connectivity index (χ1v) is 12.7. The van der Waals surface area contributed by atoms with Gasteiger partial charge in [-0.05, 0) is 43.9 Å². The zero-order valence-corrected chi connectivity index (χ0v) is 21.7. The fourth-order valence-corrected chi connectivity index (χ4v) is 4.07. The van der Waals surface area contributed by atoms with E-state index < -0.39 is 60.2 Å². The van der Waals surface area contributed by atoms with E-state index in [9.17, 15) is 29.1 Å². The Kier molecular flexibility index (Phi) is 12.0. The van der Waals surface area contributed by atoms with Gasteiger partial charge in [-0.1, -0.05) is 18.2 Å². The molecular formula is C24H35N7O6S. The summed E-state index contributed by atoms with van der Waals surface area (Å²) in [4.78, 5) is 64.2. The molecule has 0 aliphatic carbocycles. The number of primary amides is 1.